The number of rotatable bonds is 14. The highest BCUT2D eigenvalue weighted by Gasteiger charge is 2.43. The van der Waals surface area contributed by atoms with Crippen LogP contribution in [0.25, 0.3) is 5.57 Å². The lowest BCUT2D eigenvalue weighted by Gasteiger charge is -2.45. The standard InChI is InChI=1S/C37H39BrClN3O6/c38-26-10-16-30(17-11-26)48-19-18-47-29-14-8-24(9-15-29)31-20-27-22-41(34(43)6-3-7-35(44)45)23-33(40-27)36(31)37(46)42(28-12-13-28)21-25-4-1-2-5-32(25)39/h1-2,4-5,8-11,14-17,27-28,33,40H,3,6-7,12-13,18-23H2,(H,44,45)/t27-,33-/m1/s1. The van der Waals surface area contributed by atoms with Gasteiger partial charge in [-0.2, -0.15) is 0 Å². The van der Waals surface area contributed by atoms with Crippen LogP contribution >= 0.6 is 27.5 Å². The van der Waals surface area contributed by atoms with Gasteiger partial charge in [-0.3, -0.25) is 14.4 Å². The number of fused-ring (bicyclic) bond motifs is 2. The molecule has 0 unspecified atom stereocenters. The van der Waals surface area contributed by atoms with Gasteiger partial charge in [-0.25, -0.2) is 0 Å². The molecule has 1 saturated carbocycles. The number of halogens is 2. The maximum absolute atomic E-state index is 14.7. The molecule has 252 valence electrons. The monoisotopic (exact) mass is 735 g/mol. The van der Waals surface area contributed by atoms with E-state index in [1.807, 2.05) is 77.7 Å². The van der Waals surface area contributed by atoms with Crippen molar-refractivity contribution in [3.8, 4) is 11.5 Å². The van der Waals surface area contributed by atoms with Gasteiger partial charge in [0.1, 0.15) is 24.7 Å². The minimum Gasteiger partial charge on any atom is -0.490 e. The van der Waals surface area contributed by atoms with Crippen LogP contribution in [0.15, 0.2) is 82.8 Å². The highest BCUT2D eigenvalue weighted by molar-refractivity contribution is 9.10. The van der Waals surface area contributed by atoms with Gasteiger partial charge in [0.2, 0.25) is 5.91 Å². The molecule has 3 aromatic rings. The molecule has 9 nitrogen and oxygen atoms in total. The minimum absolute atomic E-state index is 0.0386. The van der Waals surface area contributed by atoms with Gasteiger partial charge in [0, 0.05) is 59.6 Å². The molecule has 1 saturated heterocycles. The zero-order valence-corrected chi connectivity index (χ0v) is 28.9. The van der Waals surface area contributed by atoms with Crippen LogP contribution < -0.4 is 14.8 Å². The summed E-state index contributed by atoms with van der Waals surface area (Å²) < 4.78 is 12.7. The van der Waals surface area contributed by atoms with Crippen LogP contribution in [0.4, 0.5) is 0 Å². The van der Waals surface area contributed by atoms with E-state index in [0.717, 1.165) is 39.8 Å². The van der Waals surface area contributed by atoms with Crippen LogP contribution in [0.3, 0.4) is 0 Å². The van der Waals surface area contributed by atoms with Crippen molar-refractivity contribution in [3.05, 3.63) is 99.0 Å². The second kappa shape index (κ2) is 15.6. The molecule has 2 atom stereocenters. The van der Waals surface area contributed by atoms with Crippen LogP contribution in [0, 0.1) is 0 Å². The summed E-state index contributed by atoms with van der Waals surface area (Å²) in [6, 6.07) is 22.8. The van der Waals surface area contributed by atoms with Gasteiger partial charge in [0.25, 0.3) is 5.91 Å². The molecule has 0 aromatic heterocycles. The number of amides is 2. The molecule has 2 N–H and O–H groups in total. The highest BCUT2D eigenvalue weighted by atomic mass is 79.9. The number of benzene rings is 3. The van der Waals surface area contributed by atoms with Crippen molar-refractivity contribution in [2.45, 2.75) is 63.2 Å². The first-order chi connectivity index (χ1) is 23.2. The maximum Gasteiger partial charge on any atom is 0.303 e. The third kappa shape index (κ3) is 8.59. The van der Waals surface area contributed by atoms with Gasteiger partial charge < -0.3 is 29.7 Å². The fraction of sp³-hybridized carbons (Fsp3) is 0.378. The van der Waals surface area contributed by atoms with Crippen molar-refractivity contribution in [2.24, 2.45) is 0 Å². The first-order valence-electron chi connectivity index (χ1n) is 16.4. The summed E-state index contributed by atoms with van der Waals surface area (Å²) in [4.78, 5) is 42.6. The summed E-state index contributed by atoms with van der Waals surface area (Å²) >= 11 is 9.97. The number of nitrogens with one attached hydrogen (secondary N) is 1. The molecule has 3 aliphatic rings. The number of hydrogen-bond acceptors (Lipinski definition) is 6. The Morgan fingerprint density at radius 2 is 1.58 bits per heavy atom. The lowest BCUT2D eigenvalue weighted by Crippen LogP contribution is -2.62. The topological polar surface area (TPSA) is 108 Å². The highest BCUT2D eigenvalue weighted by Crippen LogP contribution is 2.38. The van der Waals surface area contributed by atoms with Gasteiger partial charge >= 0.3 is 5.97 Å². The fourth-order valence-corrected chi connectivity index (χ4v) is 6.90. The van der Waals surface area contributed by atoms with Gasteiger partial charge in [0.05, 0.1) is 6.04 Å². The first-order valence-corrected chi connectivity index (χ1v) is 17.6. The third-order valence-corrected chi connectivity index (χ3v) is 9.85. The lowest BCUT2D eigenvalue weighted by molar-refractivity contribution is -0.138. The molecule has 2 amide bonds. The molecule has 0 spiro atoms. The average Bonchev–Trinajstić information content (AvgIpc) is 3.92. The smallest absolute Gasteiger partial charge is 0.303 e. The number of nitrogens with zero attached hydrogens (tertiary/aromatic N) is 2. The Kier molecular flexibility index (Phi) is 11.0. The SMILES string of the molecule is O=C(O)CCCC(=O)N1C[C@H]2CC(c3ccc(OCCOc4ccc(Br)cc4)cc3)=C(C(=O)N(Cc3ccccc3Cl)C3CC3)[C@@H](C1)N2. The molecule has 6 rings (SSSR count). The normalized spacial score (nSPS) is 18.8. The quantitative estimate of drug-likeness (QED) is 0.186. The Morgan fingerprint density at radius 1 is 0.917 bits per heavy atom. The summed E-state index contributed by atoms with van der Waals surface area (Å²) in [5, 5.41) is 13.3. The van der Waals surface area contributed by atoms with Crippen molar-refractivity contribution in [3.63, 3.8) is 0 Å². The number of piperazine rings is 1. The van der Waals surface area contributed by atoms with Crippen molar-refractivity contribution in [1.82, 2.24) is 15.1 Å². The number of ether oxygens (including phenoxy) is 2. The Morgan fingerprint density at radius 3 is 2.23 bits per heavy atom. The van der Waals surface area contributed by atoms with E-state index in [1.165, 1.54) is 0 Å². The summed E-state index contributed by atoms with van der Waals surface area (Å²) in [6.07, 6.45) is 2.86. The van der Waals surface area contributed by atoms with Crippen LogP contribution in [0.2, 0.25) is 5.02 Å². The molecule has 11 heteroatoms. The van der Waals surface area contributed by atoms with E-state index in [0.29, 0.717) is 62.0 Å². The van der Waals surface area contributed by atoms with E-state index in [-0.39, 0.29) is 42.8 Å². The summed E-state index contributed by atoms with van der Waals surface area (Å²) in [5.41, 5.74) is 3.49. The van der Waals surface area contributed by atoms with Gasteiger partial charge in [0.15, 0.2) is 0 Å². The van der Waals surface area contributed by atoms with Crippen molar-refractivity contribution >= 4 is 50.9 Å². The van der Waals surface area contributed by atoms with Crippen LogP contribution in [-0.2, 0) is 20.9 Å². The lowest BCUT2D eigenvalue weighted by atomic mass is 9.82. The third-order valence-electron chi connectivity index (χ3n) is 8.95. The summed E-state index contributed by atoms with van der Waals surface area (Å²) in [5.74, 6) is 0.438. The molecular weight excluding hydrogens is 698 g/mol. The van der Waals surface area contributed by atoms with Crippen LogP contribution in [-0.4, -0.2) is 77.1 Å². The molecule has 2 bridgehead atoms. The number of carboxylic acid groups (broad SMARTS) is 1. The first kappa shape index (κ1) is 34.0. The molecule has 2 heterocycles. The maximum atomic E-state index is 14.7. The molecule has 3 aromatic carbocycles. The molecule has 2 aliphatic heterocycles. The van der Waals surface area contributed by atoms with Gasteiger partial charge in [-0.15, -0.1) is 0 Å². The summed E-state index contributed by atoms with van der Waals surface area (Å²) in [7, 11) is 0. The van der Waals surface area contributed by atoms with E-state index in [1.54, 1.807) is 4.90 Å². The average molecular weight is 737 g/mol. The second-order valence-corrected chi connectivity index (χ2v) is 13.8. The Bertz CT molecular complexity index is 1660. The Balaban J connectivity index is 1.22. The number of hydrogen-bond donors (Lipinski definition) is 2. The van der Waals surface area contributed by atoms with E-state index in [4.69, 9.17) is 26.2 Å². The Hall–Kier alpha value is -3.86. The van der Waals surface area contributed by atoms with Crippen LogP contribution in [0.1, 0.15) is 49.7 Å². The zero-order valence-electron chi connectivity index (χ0n) is 26.6. The Labute approximate surface area is 294 Å². The van der Waals surface area contributed by atoms with E-state index >= 15 is 0 Å². The zero-order chi connectivity index (χ0) is 33.6. The number of aliphatic carboxylic acids is 1. The van der Waals surface area contributed by atoms with E-state index < -0.39 is 5.97 Å². The number of carboxylic acids is 1. The predicted molar refractivity (Wildman–Crippen MR) is 187 cm³/mol. The second-order valence-electron chi connectivity index (χ2n) is 12.5. The largest absolute Gasteiger partial charge is 0.490 e. The molecule has 48 heavy (non-hydrogen) atoms. The summed E-state index contributed by atoms with van der Waals surface area (Å²) in [6.45, 7) is 2.03. The minimum atomic E-state index is -0.912. The predicted octanol–water partition coefficient (Wildman–Crippen LogP) is 6.33. The van der Waals surface area contributed by atoms with Crippen LogP contribution in [0.5, 0.6) is 11.5 Å². The van der Waals surface area contributed by atoms with Crippen molar-refractivity contribution in [1.29, 1.82) is 0 Å². The number of carbonyl (C=O) groups is 3. The fourth-order valence-electron chi connectivity index (χ4n) is 6.44. The van der Waals surface area contributed by atoms with Gasteiger partial charge in [-0.1, -0.05) is 57.9 Å². The van der Waals surface area contributed by atoms with Gasteiger partial charge in [-0.05, 0) is 84.8 Å². The van der Waals surface area contributed by atoms with E-state index in [2.05, 4.69) is 21.2 Å². The van der Waals surface area contributed by atoms with Crippen molar-refractivity contribution < 1.29 is 29.0 Å². The number of carbonyl (C=O) groups excluding carboxylic acids is 2. The molecule has 1 aliphatic carbocycles. The molecule has 0 radical (unpaired) electrons. The molecular formula is C37H39BrClN3O6. The molecule has 2 fully saturated rings. The van der Waals surface area contributed by atoms with E-state index in [9.17, 15) is 14.4 Å². The van der Waals surface area contributed by atoms with Crippen molar-refractivity contribution in [2.75, 3.05) is 26.3 Å².